The predicted octanol–water partition coefficient (Wildman–Crippen LogP) is 2.39. The molecule has 3 nitrogen and oxygen atoms in total. The van der Waals surface area contributed by atoms with Gasteiger partial charge >= 0.3 is 0 Å². The first-order valence-electron chi connectivity index (χ1n) is 4.72. The molecule has 0 N–H and O–H groups in total. The highest BCUT2D eigenvalue weighted by molar-refractivity contribution is 5.27. The first-order chi connectivity index (χ1) is 6.77. The van der Waals surface area contributed by atoms with Gasteiger partial charge in [-0.15, -0.1) is 0 Å². The molecule has 3 heteroatoms. The van der Waals surface area contributed by atoms with E-state index in [2.05, 4.69) is 23.9 Å². The smallest absolute Gasteiger partial charge is 0.0828 e. The Labute approximate surface area is 83.4 Å². The summed E-state index contributed by atoms with van der Waals surface area (Å²) in [6, 6.07) is 3.90. The SMILES string of the molecule is CC(C)c1cnn(-c2cccnc2)c1. The van der Waals surface area contributed by atoms with Crippen molar-refractivity contribution in [2.45, 2.75) is 19.8 Å². The van der Waals surface area contributed by atoms with Gasteiger partial charge in [0.2, 0.25) is 0 Å². The fourth-order valence-corrected chi connectivity index (χ4v) is 1.27. The van der Waals surface area contributed by atoms with Crippen LogP contribution in [0.15, 0.2) is 36.9 Å². The third-order valence-electron chi connectivity index (χ3n) is 2.18. The molecule has 0 aromatic carbocycles. The van der Waals surface area contributed by atoms with E-state index < -0.39 is 0 Å². The van der Waals surface area contributed by atoms with Gasteiger partial charge in [0.05, 0.1) is 18.1 Å². The lowest BCUT2D eigenvalue weighted by molar-refractivity contribution is 0.856. The van der Waals surface area contributed by atoms with Crippen molar-refractivity contribution in [2.24, 2.45) is 0 Å². The van der Waals surface area contributed by atoms with Crippen molar-refractivity contribution in [3.8, 4) is 5.69 Å². The number of nitrogens with zero attached hydrogens (tertiary/aromatic N) is 3. The van der Waals surface area contributed by atoms with Crippen LogP contribution in [0.1, 0.15) is 25.3 Å². The molecule has 0 radical (unpaired) electrons. The highest BCUT2D eigenvalue weighted by atomic mass is 15.3. The Morgan fingerprint density at radius 3 is 2.71 bits per heavy atom. The van der Waals surface area contributed by atoms with Crippen molar-refractivity contribution in [3.05, 3.63) is 42.5 Å². The fourth-order valence-electron chi connectivity index (χ4n) is 1.27. The lowest BCUT2D eigenvalue weighted by Crippen LogP contribution is -1.94. The molecule has 2 aromatic rings. The number of hydrogen-bond donors (Lipinski definition) is 0. The molecule has 0 amide bonds. The minimum Gasteiger partial charge on any atom is -0.262 e. The summed E-state index contributed by atoms with van der Waals surface area (Å²) in [5.74, 6) is 0.514. The Morgan fingerprint density at radius 1 is 1.29 bits per heavy atom. The van der Waals surface area contributed by atoms with Crippen LogP contribution in [0.4, 0.5) is 0 Å². The molecular formula is C11H13N3. The van der Waals surface area contributed by atoms with E-state index in [-0.39, 0.29) is 0 Å². The van der Waals surface area contributed by atoms with Crippen molar-refractivity contribution in [3.63, 3.8) is 0 Å². The maximum atomic E-state index is 4.28. The lowest BCUT2D eigenvalue weighted by Gasteiger charge is -1.99. The molecule has 2 aromatic heterocycles. The number of pyridine rings is 1. The van der Waals surface area contributed by atoms with E-state index in [0.29, 0.717) is 5.92 Å². The second-order valence-electron chi connectivity index (χ2n) is 3.58. The third kappa shape index (κ3) is 1.66. The van der Waals surface area contributed by atoms with Crippen LogP contribution < -0.4 is 0 Å². The maximum absolute atomic E-state index is 4.28. The summed E-state index contributed by atoms with van der Waals surface area (Å²) < 4.78 is 1.85. The Hall–Kier alpha value is -1.64. The second-order valence-corrected chi connectivity index (χ2v) is 3.58. The van der Waals surface area contributed by atoms with E-state index in [1.807, 2.05) is 29.2 Å². The molecule has 0 spiro atoms. The summed E-state index contributed by atoms with van der Waals surface area (Å²) in [6.07, 6.45) is 7.51. The molecule has 2 heterocycles. The van der Waals surface area contributed by atoms with Crippen molar-refractivity contribution in [2.75, 3.05) is 0 Å². The van der Waals surface area contributed by atoms with Gasteiger partial charge in [-0.3, -0.25) is 4.98 Å². The molecule has 72 valence electrons. The molecule has 0 saturated carbocycles. The first-order valence-corrected chi connectivity index (χ1v) is 4.72. The summed E-state index contributed by atoms with van der Waals surface area (Å²) in [6.45, 7) is 4.31. The number of rotatable bonds is 2. The highest BCUT2D eigenvalue weighted by Gasteiger charge is 2.03. The van der Waals surface area contributed by atoms with Crippen LogP contribution in [0.3, 0.4) is 0 Å². The topological polar surface area (TPSA) is 30.7 Å². The average molecular weight is 187 g/mol. The van der Waals surface area contributed by atoms with Crippen LogP contribution in [0.5, 0.6) is 0 Å². The summed E-state index contributed by atoms with van der Waals surface area (Å²) in [7, 11) is 0. The Morgan fingerprint density at radius 2 is 2.14 bits per heavy atom. The third-order valence-corrected chi connectivity index (χ3v) is 2.18. The molecular weight excluding hydrogens is 174 g/mol. The van der Waals surface area contributed by atoms with Crippen molar-refractivity contribution in [1.82, 2.24) is 14.8 Å². The Bertz CT molecular complexity index is 403. The van der Waals surface area contributed by atoms with Gasteiger partial charge in [-0.25, -0.2) is 4.68 Å². The van der Waals surface area contributed by atoms with Crippen molar-refractivity contribution >= 4 is 0 Å². The van der Waals surface area contributed by atoms with Crippen LogP contribution in [-0.4, -0.2) is 14.8 Å². The number of hydrogen-bond acceptors (Lipinski definition) is 2. The normalized spacial score (nSPS) is 10.8. The van der Waals surface area contributed by atoms with E-state index in [1.165, 1.54) is 5.56 Å². The molecule has 2 rings (SSSR count). The standard InChI is InChI=1S/C11H13N3/c1-9(2)10-6-13-14(8-10)11-4-3-5-12-7-11/h3-9H,1-2H3. The number of aromatic nitrogens is 3. The fraction of sp³-hybridized carbons (Fsp3) is 0.273. The van der Waals surface area contributed by atoms with Gasteiger partial charge < -0.3 is 0 Å². The van der Waals surface area contributed by atoms with E-state index in [9.17, 15) is 0 Å². The molecule has 0 unspecified atom stereocenters. The molecule has 0 aliphatic heterocycles. The van der Waals surface area contributed by atoms with Crippen molar-refractivity contribution < 1.29 is 0 Å². The van der Waals surface area contributed by atoms with Gasteiger partial charge in [0.1, 0.15) is 0 Å². The highest BCUT2D eigenvalue weighted by Crippen LogP contribution is 2.14. The van der Waals surface area contributed by atoms with Gasteiger partial charge in [-0.1, -0.05) is 13.8 Å². The zero-order valence-corrected chi connectivity index (χ0v) is 8.38. The van der Waals surface area contributed by atoms with Crippen LogP contribution in [0.25, 0.3) is 5.69 Å². The van der Waals surface area contributed by atoms with Crippen LogP contribution in [0.2, 0.25) is 0 Å². The molecule has 14 heavy (non-hydrogen) atoms. The van der Waals surface area contributed by atoms with Crippen molar-refractivity contribution in [1.29, 1.82) is 0 Å². The Balaban J connectivity index is 2.34. The zero-order chi connectivity index (χ0) is 9.97. The summed E-state index contributed by atoms with van der Waals surface area (Å²) >= 11 is 0. The molecule has 0 aliphatic rings. The Kier molecular flexibility index (Phi) is 2.31. The van der Waals surface area contributed by atoms with Crippen LogP contribution in [0, 0.1) is 0 Å². The molecule has 0 saturated heterocycles. The van der Waals surface area contributed by atoms with Gasteiger partial charge in [-0.05, 0) is 23.6 Å². The molecule has 0 aliphatic carbocycles. The average Bonchev–Trinajstić information content (AvgIpc) is 2.68. The van der Waals surface area contributed by atoms with Crippen LogP contribution in [-0.2, 0) is 0 Å². The van der Waals surface area contributed by atoms with E-state index >= 15 is 0 Å². The summed E-state index contributed by atoms with van der Waals surface area (Å²) in [5.41, 5.74) is 2.24. The van der Waals surface area contributed by atoms with Gasteiger partial charge in [0, 0.05) is 12.4 Å². The monoisotopic (exact) mass is 187 g/mol. The summed E-state index contributed by atoms with van der Waals surface area (Å²) in [5, 5.41) is 4.28. The second kappa shape index (κ2) is 3.62. The largest absolute Gasteiger partial charge is 0.262 e. The zero-order valence-electron chi connectivity index (χ0n) is 8.38. The predicted molar refractivity (Wildman–Crippen MR) is 55.4 cm³/mol. The molecule has 0 atom stereocenters. The maximum Gasteiger partial charge on any atom is 0.0828 e. The first kappa shape index (κ1) is 8.94. The minimum absolute atomic E-state index is 0.514. The van der Waals surface area contributed by atoms with E-state index in [4.69, 9.17) is 0 Å². The van der Waals surface area contributed by atoms with Gasteiger partial charge in [-0.2, -0.15) is 5.10 Å². The van der Waals surface area contributed by atoms with E-state index in [1.54, 1.807) is 12.4 Å². The van der Waals surface area contributed by atoms with E-state index in [0.717, 1.165) is 5.69 Å². The van der Waals surface area contributed by atoms with Gasteiger partial charge in [0.25, 0.3) is 0 Å². The minimum atomic E-state index is 0.514. The molecule has 0 bridgehead atoms. The molecule has 0 fully saturated rings. The lowest BCUT2D eigenvalue weighted by atomic mass is 10.1. The van der Waals surface area contributed by atoms with Gasteiger partial charge in [0.15, 0.2) is 0 Å². The quantitative estimate of drug-likeness (QED) is 0.722. The summed E-state index contributed by atoms with van der Waals surface area (Å²) in [4.78, 5) is 4.05. The van der Waals surface area contributed by atoms with Crippen LogP contribution >= 0.6 is 0 Å².